The number of amides is 2. The van der Waals surface area contributed by atoms with E-state index in [0.29, 0.717) is 24.4 Å². The average Bonchev–Trinajstić information content (AvgIpc) is 3.09. The number of carbonyl (C=O) groups is 2. The SMILES string of the molecule is O=C(C[C@H](c1ccccc1)c1cccc(Cl)c1)NCCCN1CCCC1=O. The topological polar surface area (TPSA) is 49.4 Å². The Morgan fingerprint density at radius 2 is 1.89 bits per heavy atom. The minimum Gasteiger partial charge on any atom is -0.356 e. The van der Waals surface area contributed by atoms with Crippen LogP contribution >= 0.6 is 11.6 Å². The van der Waals surface area contributed by atoms with Crippen molar-refractivity contribution in [1.29, 1.82) is 0 Å². The fourth-order valence-corrected chi connectivity index (χ4v) is 3.73. The number of benzene rings is 2. The Morgan fingerprint density at radius 3 is 2.59 bits per heavy atom. The molecule has 142 valence electrons. The van der Waals surface area contributed by atoms with Gasteiger partial charge in [-0.25, -0.2) is 0 Å². The molecule has 5 heteroatoms. The molecule has 0 spiro atoms. The highest BCUT2D eigenvalue weighted by atomic mass is 35.5. The van der Waals surface area contributed by atoms with Gasteiger partial charge in [0.25, 0.3) is 0 Å². The highest BCUT2D eigenvalue weighted by Crippen LogP contribution is 2.29. The van der Waals surface area contributed by atoms with Gasteiger partial charge in [0.05, 0.1) is 0 Å². The molecule has 0 saturated carbocycles. The van der Waals surface area contributed by atoms with Gasteiger partial charge in [-0.05, 0) is 36.1 Å². The first-order valence-electron chi connectivity index (χ1n) is 9.48. The van der Waals surface area contributed by atoms with E-state index in [0.717, 1.165) is 37.1 Å². The van der Waals surface area contributed by atoms with E-state index in [2.05, 4.69) is 5.32 Å². The second-order valence-corrected chi connectivity index (χ2v) is 7.35. The van der Waals surface area contributed by atoms with Gasteiger partial charge in [-0.15, -0.1) is 0 Å². The summed E-state index contributed by atoms with van der Waals surface area (Å²) in [5.41, 5.74) is 2.13. The fraction of sp³-hybridized carbons (Fsp3) is 0.364. The molecule has 3 rings (SSSR count). The van der Waals surface area contributed by atoms with E-state index >= 15 is 0 Å². The van der Waals surface area contributed by atoms with Crippen LogP contribution in [0.3, 0.4) is 0 Å². The maximum absolute atomic E-state index is 12.5. The zero-order valence-electron chi connectivity index (χ0n) is 15.4. The number of hydrogen-bond acceptors (Lipinski definition) is 2. The third kappa shape index (κ3) is 5.57. The quantitative estimate of drug-likeness (QED) is 0.699. The Labute approximate surface area is 165 Å². The minimum absolute atomic E-state index is 0.0107. The van der Waals surface area contributed by atoms with Crippen LogP contribution in [-0.2, 0) is 9.59 Å². The lowest BCUT2D eigenvalue weighted by molar-refractivity contribution is -0.127. The standard InChI is InChI=1S/C22H25ClN2O2/c23-19-10-4-9-18(15-19)20(17-7-2-1-3-8-17)16-21(26)24-12-6-14-25-13-5-11-22(25)27/h1-4,7-10,15,20H,5-6,11-14,16H2,(H,24,26)/t20-/m1/s1. The molecule has 1 fully saturated rings. The Hall–Kier alpha value is -2.33. The van der Waals surface area contributed by atoms with Crippen molar-refractivity contribution in [3.05, 3.63) is 70.7 Å². The number of hydrogen-bond donors (Lipinski definition) is 1. The number of rotatable bonds is 8. The third-order valence-corrected chi connectivity index (χ3v) is 5.18. The number of nitrogens with zero attached hydrogens (tertiary/aromatic N) is 1. The first kappa shape index (κ1) is 19.4. The first-order chi connectivity index (χ1) is 13.1. The van der Waals surface area contributed by atoms with Crippen molar-refractivity contribution >= 4 is 23.4 Å². The molecule has 4 nitrogen and oxygen atoms in total. The van der Waals surface area contributed by atoms with Gasteiger partial charge in [0.1, 0.15) is 0 Å². The van der Waals surface area contributed by atoms with Gasteiger partial charge in [-0.2, -0.15) is 0 Å². The van der Waals surface area contributed by atoms with Crippen LogP contribution in [0, 0.1) is 0 Å². The van der Waals surface area contributed by atoms with Crippen LogP contribution in [0.2, 0.25) is 5.02 Å². The van der Waals surface area contributed by atoms with Crippen LogP contribution in [0.4, 0.5) is 0 Å². The molecule has 2 amide bonds. The molecule has 1 aliphatic heterocycles. The van der Waals surface area contributed by atoms with Gasteiger partial charge in [0, 0.05) is 43.4 Å². The minimum atomic E-state index is -0.0370. The van der Waals surface area contributed by atoms with Crippen LogP contribution in [0.25, 0.3) is 0 Å². The molecule has 0 unspecified atom stereocenters. The van der Waals surface area contributed by atoms with Gasteiger partial charge in [-0.3, -0.25) is 9.59 Å². The normalized spacial score (nSPS) is 15.0. The van der Waals surface area contributed by atoms with E-state index in [4.69, 9.17) is 11.6 Å². The number of nitrogens with one attached hydrogen (secondary N) is 1. The van der Waals surface area contributed by atoms with Crippen molar-refractivity contribution in [1.82, 2.24) is 10.2 Å². The van der Waals surface area contributed by atoms with Crippen LogP contribution in [0.5, 0.6) is 0 Å². The Morgan fingerprint density at radius 1 is 1.11 bits per heavy atom. The predicted molar refractivity (Wildman–Crippen MR) is 108 cm³/mol. The van der Waals surface area contributed by atoms with Gasteiger partial charge in [0.15, 0.2) is 0 Å². The van der Waals surface area contributed by atoms with Crippen LogP contribution < -0.4 is 5.32 Å². The largest absolute Gasteiger partial charge is 0.356 e. The average molecular weight is 385 g/mol. The van der Waals surface area contributed by atoms with Crippen LogP contribution in [0.1, 0.15) is 42.7 Å². The first-order valence-corrected chi connectivity index (χ1v) is 9.86. The van der Waals surface area contributed by atoms with Gasteiger partial charge in [-0.1, -0.05) is 54.1 Å². The summed E-state index contributed by atoms with van der Waals surface area (Å²) >= 11 is 6.16. The zero-order chi connectivity index (χ0) is 19.1. The van der Waals surface area contributed by atoms with Gasteiger partial charge < -0.3 is 10.2 Å². The summed E-state index contributed by atoms with van der Waals surface area (Å²) in [6, 6.07) is 17.7. The van der Waals surface area contributed by atoms with Crippen molar-refractivity contribution in [3.63, 3.8) is 0 Å². The summed E-state index contributed by atoms with van der Waals surface area (Å²) in [6.45, 7) is 2.15. The molecule has 0 radical (unpaired) electrons. The van der Waals surface area contributed by atoms with E-state index in [-0.39, 0.29) is 17.7 Å². The molecule has 1 saturated heterocycles. The summed E-state index contributed by atoms with van der Waals surface area (Å²) in [7, 11) is 0. The van der Waals surface area contributed by atoms with E-state index in [1.54, 1.807) is 0 Å². The van der Waals surface area contributed by atoms with E-state index < -0.39 is 0 Å². The summed E-state index contributed by atoms with van der Waals surface area (Å²) in [5, 5.41) is 3.67. The highest BCUT2D eigenvalue weighted by Gasteiger charge is 2.20. The molecule has 27 heavy (non-hydrogen) atoms. The summed E-state index contributed by atoms with van der Waals surface area (Å²) in [5.74, 6) is 0.202. The Kier molecular flexibility index (Phi) is 6.88. The zero-order valence-corrected chi connectivity index (χ0v) is 16.1. The summed E-state index contributed by atoms with van der Waals surface area (Å²) in [6.07, 6.45) is 2.76. The molecule has 2 aromatic rings. The molecule has 1 N–H and O–H groups in total. The van der Waals surface area contributed by atoms with Gasteiger partial charge >= 0.3 is 0 Å². The van der Waals surface area contributed by atoms with Crippen LogP contribution in [0.15, 0.2) is 54.6 Å². The Bertz CT molecular complexity index is 779. The molecule has 1 heterocycles. The number of carbonyl (C=O) groups excluding carboxylic acids is 2. The monoisotopic (exact) mass is 384 g/mol. The molecular weight excluding hydrogens is 360 g/mol. The fourth-order valence-electron chi connectivity index (χ4n) is 3.53. The lowest BCUT2D eigenvalue weighted by Gasteiger charge is -2.19. The van der Waals surface area contributed by atoms with Crippen LogP contribution in [-0.4, -0.2) is 36.3 Å². The van der Waals surface area contributed by atoms with Crippen molar-refractivity contribution in [2.24, 2.45) is 0 Å². The lowest BCUT2D eigenvalue weighted by Crippen LogP contribution is -2.31. The molecular formula is C22H25ClN2O2. The maximum Gasteiger partial charge on any atom is 0.222 e. The molecule has 0 aromatic heterocycles. The molecule has 0 aliphatic carbocycles. The summed E-state index contributed by atoms with van der Waals surface area (Å²) < 4.78 is 0. The second kappa shape index (κ2) is 9.56. The van der Waals surface area contributed by atoms with Crippen molar-refractivity contribution < 1.29 is 9.59 Å². The number of likely N-dealkylation sites (tertiary alicyclic amines) is 1. The van der Waals surface area contributed by atoms with E-state index in [1.807, 2.05) is 59.5 Å². The third-order valence-electron chi connectivity index (χ3n) is 4.94. The summed E-state index contributed by atoms with van der Waals surface area (Å²) in [4.78, 5) is 26.0. The van der Waals surface area contributed by atoms with E-state index in [1.165, 1.54) is 0 Å². The van der Waals surface area contributed by atoms with Crippen molar-refractivity contribution in [2.75, 3.05) is 19.6 Å². The number of halogens is 1. The van der Waals surface area contributed by atoms with E-state index in [9.17, 15) is 9.59 Å². The predicted octanol–water partition coefficient (Wildman–Crippen LogP) is 3.99. The molecule has 2 aromatic carbocycles. The second-order valence-electron chi connectivity index (χ2n) is 6.91. The van der Waals surface area contributed by atoms with Gasteiger partial charge in [0.2, 0.25) is 11.8 Å². The molecule has 1 atom stereocenters. The maximum atomic E-state index is 12.5. The van der Waals surface area contributed by atoms with Crippen molar-refractivity contribution in [3.8, 4) is 0 Å². The molecule has 0 bridgehead atoms. The molecule has 1 aliphatic rings. The lowest BCUT2D eigenvalue weighted by atomic mass is 9.88. The van der Waals surface area contributed by atoms with Crippen molar-refractivity contribution in [2.45, 2.75) is 31.6 Å². The smallest absolute Gasteiger partial charge is 0.222 e. The Balaban J connectivity index is 1.57. The highest BCUT2D eigenvalue weighted by molar-refractivity contribution is 6.30.